The first kappa shape index (κ1) is 29.4. The highest BCUT2D eigenvalue weighted by molar-refractivity contribution is 6.03. The standard InChI is InChI=1S/C35H39N7O2/c1-3-31(43)41-17-15-26(16-18-41)9-14-30-32(27-10-12-29(13-11-27)44-28-7-5-4-6-8-28)33-34(36)37-25-38-35(33)42(30)24-23-40-21-19-39(2)20-22-40/h3-8,10-13,25-26H,1,15-24H2,2H3,(H2,36,37,38). The van der Waals surface area contributed by atoms with Crippen LogP contribution in [0.3, 0.4) is 0 Å². The molecule has 2 aliphatic heterocycles. The molecule has 2 aromatic heterocycles. The van der Waals surface area contributed by atoms with E-state index in [1.165, 1.54) is 12.4 Å². The van der Waals surface area contributed by atoms with Crippen LogP contribution >= 0.6 is 0 Å². The number of piperazine rings is 1. The van der Waals surface area contributed by atoms with Gasteiger partial charge >= 0.3 is 0 Å². The van der Waals surface area contributed by atoms with E-state index in [1.807, 2.05) is 47.4 Å². The molecule has 2 aliphatic rings. The number of ether oxygens (including phenoxy) is 1. The summed E-state index contributed by atoms with van der Waals surface area (Å²) >= 11 is 0. The van der Waals surface area contributed by atoms with Gasteiger partial charge in [0, 0.05) is 63.8 Å². The lowest BCUT2D eigenvalue weighted by Gasteiger charge is -2.32. The number of benzene rings is 2. The van der Waals surface area contributed by atoms with Gasteiger partial charge in [0.1, 0.15) is 35.0 Å². The third-order valence-electron chi connectivity index (χ3n) is 8.60. The van der Waals surface area contributed by atoms with E-state index >= 15 is 0 Å². The molecule has 0 atom stereocenters. The summed E-state index contributed by atoms with van der Waals surface area (Å²) in [5.41, 5.74) is 10.2. The van der Waals surface area contributed by atoms with Crippen LogP contribution in [0, 0.1) is 17.8 Å². The van der Waals surface area contributed by atoms with E-state index in [9.17, 15) is 4.79 Å². The molecular weight excluding hydrogens is 550 g/mol. The van der Waals surface area contributed by atoms with Crippen LogP contribution in [0.25, 0.3) is 22.2 Å². The molecule has 0 bridgehead atoms. The third-order valence-corrected chi connectivity index (χ3v) is 8.60. The molecule has 44 heavy (non-hydrogen) atoms. The molecule has 2 aromatic carbocycles. The Morgan fingerprint density at radius 3 is 2.39 bits per heavy atom. The molecule has 2 N–H and O–H groups in total. The maximum atomic E-state index is 12.1. The zero-order chi connectivity index (χ0) is 30.5. The normalized spacial score (nSPS) is 16.4. The summed E-state index contributed by atoms with van der Waals surface area (Å²) in [6, 6.07) is 17.8. The summed E-state index contributed by atoms with van der Waals surface area (Å²) in [5, 5.41) is 0.818. The van der Waals surface area contributed by atoms with Crippen LogP contribution in [0.4, 0.5) is 5.82 Å². The van der Waals surface area contributed by atoms with Crippen LogP contribution in [-0.2, 0) is 11.3 Å². The molecule has 9 heteroatoms. The quantitative estimate of drug-likeness (QED) is 0.251. The summed E-state index contributed by atoms with van der Waals surface area (Å²) in [7, 11) is 2.17. The zero-order valence-corrected chi connectivity index (χ0v) is 25.3. The summed E-state index contributed by atoms with van der Waals surface area (Å²) in [6.45, 7) is 10.8. The second-order valence-corrected chi connectivity index (χ2v) is 11.5. The van der Waals surface area contributed by atoms with Crippen molar-refractivity contribution in [2.75, 3.05) is 58.6 Å². The zero-order valence-electron chi connectivity index (χ0n) is 25.3. The Bertz CT molecular complexity index is 1670. The fourth-order valence-electron chi connectivity index (χ4n) is 5.99. The van der Waals surface area contributed by atoms with Crippen LogP contribution in [0.2, 0.25) is 0 Å². The number of nitrogens with two attached hydrogens (primary N) is 1. The molecule has 1 amide bonds. The lowest BCUT2D eigenvalue weighted by atomic mass is 9.96. The molecule has 0 spiro atoms. The second kappa shape index (κ2) is 13.3. The minimum absolute atomic E-state index is 0.0172. The van der Waals surface area contributed by atoms with E-state index in [2.05, 4.69) is 57.0 Å². The summed E-state index contributed by atoms with van der Waals surface area (Å²) in [4.78, 5) is 27.9. The van der Waals surface area contributed by atoms with Crippen LogP contribution in [0.15, 0.2) is 73.6 Å². The van der Waals surface area contributed by atoms with Gasteiger partial charge in [0.25, 0.3) is 0 Å². The summed E-state index contributed by atoms with van der Waals surface area (Å²) in [6.07, 6.45) is 4.58. The number of aromatic nitrogens is 3. The number of carbonyl (C=O) groups excluding carboxylic acids is 1. The SMILES string of the molecule is C=CC(=O)N1CCC(C#Cc2c(-c3ccc(Oc4ccccc4)cc3)c3c(N)ncnc3n2CCN2CCN(C)CC2)CC1. The minimum atomic E-state index is -0.0172. The van der Waals surface area contributed by atoms with Crippen molar-refractivity contribution in [3.8, 4) is 34.5 Å². The predicted octanol–water partition coefficient (Wildman–Crippen LogP) is 4.50. The van der Waals surface area contributed by atoms with Crippen molar-refractivity contribution in [2.24, 2.45) is 5.92 Å². The molecule has 2 fully saturated rings. The number of anilines is 1. The first-order valence-electron chi connectivity index (χ1n) is 15.3. The van der Waals surface area contributed by atoms with Gasteiger partial charge in [-0.2, -0.15) is 0 Å². The number of piperidine rings is 1. The number of hydrogen-bond acceptors (Lipinski definition) is 7. The molecule has 0 unspecified atom stereocenters. The summed E-state index contributed by atoms with van der Waals surface area (Å²) < 4.78 is 8.28. The first-order chi connectivity index (χ1) is 21.5. The molecular formula is C35H39N7O2. The number of amides is 1. The van der Waals surface area contributed by atoms with Gasteiger partial charge in [-0.15, -0.1) is 0 Å². The van der Waals surface area contributed by atoms with Crippen molar-refractivity contribution in [1.29, 1.82) is 0 Å². The van der Waals surface area contributed by atoms with Gasteiger partial charge in [-0.05, 0) is 61.7 Å². The molecule has 4 heterocycles. The number of carbonyl (C=O) groups is 1. The van der Waals surface area contributed by atoms with Crippen LogP contribution in [0.5, 0.6) is 11.5 Å². The van der Waals surface area contributed by atoms with E-state index in [1.54, 1.807) is 0 Å². The monoisotopic (exact) mass is 589 g/mol. The van der Waals surface area contributed by atoms with Gasteiger partial charge in [0.05, 0.1) is 5.39 Å². The maximum Gasteiger partial charge on any atom is 0.245 e. The molecule has 0 radical (unpaired) electrons. The lowest BCUT2D eigenvalue weighted by molar-refractivity contribution is -0.127. The van der Waals surface area contributed by atoms with E-state index in [0.29, 0.717) is 18.9 Å². The van der Waals surface area contributed by atoms with Crippen molar-refractivity contribution in [3.63, 3.8) is 0 Å². The highest BCUT2D eigenvalue weighted by atomic mass is 16.5. The largest absolute Gasteiger partial charge is 0.457 e. The molecule has 6 rings (SSSR count). The number of hydrogen-bond donors (Lipinski definition) is 1. The van der Waals surface area contributed by atoms with Gasteiger partial charge in [-0.1, -0.05) is 42.8 Å². The lowest BCUT2D eigenvalue weighted by Crippen LogP contribution is -2.45. The Morgan fingerprint density at radius 2 is 1.68 bits per heavy atom. The van der Waals surface area contributed by atoms with Gasteiger partial charge in [-0.25, -0.2) is 9.97 Å². The van der Waals surface area contributed by atoms with Crippen molar-refractivity contribution >= 4 is 22.8 Å². The van der Waals surface area contributed by atoms with Crippen molar-refractivity contribution in [3.05, 3.63) is 79.3 Å². The maximum absolute atomic E-state index is 12.1. The Kier molecular flexibility index (Phi) is 8.91. The molecule has 0 aliphatic carbocycles. The van der Waals surface area contributed by atoms with E-state index in [-0.39, 0.29) is 11.8 Å². The van der Waals surface area contributed by atoms with Crippen LogP contribution in [-0.4, -0.2) is 88.0 Å². The molecule has 9 nitrogen and oxygen atoms in total. The Morgan fingerprint density at radius 1 is 0.977 bits per heavy atom. The Hall–Kier alpha value is -4.65. The Balaban J connectivity index is 1.37. The second-order valence-electron chi connectivity index (χ2n) is 11.5. The van der Waals surface area contributed by atoms with Gasteiger partial charge in [0.2, 0.25) is 5.91 Å². The van der Waals surface area contributed by atoms with Crippen molar-refractivity contribution in [2.45, 2.75) is 19.4 Å². The van der Waals surface area contributed by atoms with Gasteiger partial charge < -0.3 is 24.8 Å². The highest BCUT2D eigenvalue weighted by Crippen LogP contribution is 2.37. The average Bonchev–Trinajstić information content (AvgIpc) is 3.38. The Labute approximate surface area is 258 Å². The van der Waals surface area contributed by atoms with E-state index in [0.717, 1.165) is 91.5 Å². The number of fused-ring (bicyclic) bond motifs is 1. The number of nitrogen functional groups attached to an aromatic ring is 1. The average molecular weight is 590 g/mol. The van der Waals surface area contributed by atoms with Gasteiger partial charge in [0.15, 0.2) is 0 Å². The first-order valence-corrected chi connectivity index (χ1v) is 15.3. The van der Waals surface area contributed by atoms with Crippen molar-refractivity contribution < 1.29 is 9.53 Å². The minimum Gasteiger partial charge on any atom is -0.457 e. The number of nitrogens with zero attached hydrogens (tertiary/aromatic N) is 6. The summed E-state index contributed by atoms with van der Waals surface area (Å²) in [5.74, 6) is 9.28. The topological polar surface area (TPSA) is 92.8 Å². The highest BCUT2D eigenvalue weighted by Gasteiger charge is 2.24. The fourth-order valence-corrected chi connectivity index (χ4v) is 5.99. The smallest absolute Gasteiger partial charge is 0.245 e. The molecule has 4 aromatic rings. The predicted molar refractivity (Wildman–Crippen MR) is 174 cm³/mol. The number of likely N-dealkylation sites (N-methyl/N-ethyl adjacent to an activating group) is 1. The van der Waals surface area contributed by atoms with Crippen LogP contribution in [0.1, 0.15) is 18.5 Å². The number of likely N-dealkylation sites (tertiary alicyclic amines) is 1. The fraction of sp³-hybridized carbons (Fsp3) is 0.343. The van der Waals surface area contributed by atoms with E-state index < -0.39 is 0 Å². The third kappa shape index (κ3) is 6.47. The molecule has 0 saturated carbocycles. The van der Waals surface area contributed by atoms with Crippen LogP contribution < -0.4 is 10.5 Å². The molecule has 2 saturated heterocycles. The van der Waals surface area contributed by atoms with Crippen molar-refractivity contribution in [1.82, 2.24) is 29.2 Å². The number of rotatable bonds is 7. The van der Waals surface area contributed by atoms with E-state index in [4.69, 9.17) is 15.5 Å². The molecule has 226 valence electrons. The number of para-hydroxylation sites is 1. The van der Waals surface area contributed by atoms with Gasteiger partial charge in [-0.3, -0.25) is 9.69 Å².